The number of carbonyl (C=O) groups excluding carboxylic acids is 1. The quantitative estimate of drug-likeness (QED) is 0.657. The van der Waals surface area contributed by atoms with E-state index < -0.39 is 11.8 Å². The molecule has 1 atom stereocenters. The second-order valence-corrected chi connectivity index (χ2v) is 5.61. The van der Waals surface area contributed by atoms with Gasteiger partial charge in [0.1, 0.15) is 17.1 Å². The molecule has 0 amide bonds. The lowest BCUT2D eigenvalue weighted by Gasteiger charge is -2.21. The highest BCUT2D eigenvalue weighted by atomic mass is 16.6. The molecule has 2 aromatic heterocycles. The number of anilines is 1. The summed E-state index contributed by atoms with van der Waals surface area (Å²) in [6.07, 6.45) is 3.12. The number of hydrogen-bond acceptors (Lipinski definition) is 5. The summed E-state index contributed by atoms with van der Waals surface area (Å²) in [5.74, 6) is 0.464. The van der Waals surface area contributed by atoms with Crippen LogP contribution >= 0.6 is 0 Å². The first-order chi connectivity index (χ1) is 9.35. The number of nitrogens with two attached hydrogens (primary N) is 1. The fourth-order valence-electron chi connectivity index (χ4n) is 1.87. The van der Waals surface area contributed by atoms with Gasteiger partial charge in [0.25, 0.3) is 0 Å². The summed E-state index contributed by atoms with van der Waals surface area (Å²) in [7, 11) is 0. The van der Waals surface area contributed by atoms with Gasteiger partial charge in [-0.2, -0.15) is 0 Å². The Morgan fingerprint density at radius 1 is 1.50 bits per heavy atom. The molecule has 0 spiro atoms. The number of imidazole rings is 1. The molecule has 0 aliphatic heterocycles. The average Bonchev–Trinajstić information content (AvgIpc) is 2.74. The van der Waals surface area contributed by atoms with Gasteiger partial charge in [-0.25, -0.2) is 4.98 Å². The first-order valence-electron chi connectivity index (χ1n) is 6.51. The van der Waals surface area contributed by atoms with Crippen molar-refractivity contribution in [2.45, 2.75) is 39.0 Å². The van der Waals surface area contributed by atoms with Gasteiger partial charge in [-0.15, -0.1) is 0 Å². The highest BCUT2D eigenvalue weighted by Gasteiger charge is 2.18. The van der Waals surface area contributed by atoms with Crippen LogP contribution in [0.2, 0.25) is 0 Å². The van der Waals surface area contributed by atoms with Gasteiger partial charge in [-0.05, 0) is 32.9 Å². The maximum Gasteiger partial charge on any atom is 0.309 e. The smallest absolute Gasteiger partial charge is 0.309 e. The van der Waals surface area contributed by atoms with Gasteiger partial charge in [0.2, 0.25) is 0 Å². The predicted molar refractivity (Wildman–Crippen MR) is 77.3 cm³/mol. The number of ether oxygens (including phenoxy) is 1. The molecule has 0 aliphatic carbocycles. The van der Waals surface area contributed by atoms with E-state index in [0.717, 1.165) is 11.5 Å². The minimum Gasteiger partial charge on any atom is -0.460 e. The Morgan fingerprint density at radius 3 is 2.95 bits per heavy atom. The summed E-state index contributed by atoms with van der Waals surface area (Å²) in [5, 5.41) is 3.09. The lowest BCUT2D eigenvalue weighted by Crippen LogP contribution is -2.35. The number of pyridine rings is 1. The van der Waals surface area contributed by atoms with Gasteiger partial charge in [-0.1, -0.05) is 6.07 Å². The molecule has 0 fully saturated rings. The topological polar surface area (TPSA) is 81.6 Å². The largest absolute Gasteiger partial charge is 0.460 e. The zero-order valence-corrected chi connectivity index (χ0v) is 12.0. The van der Waals surface area contributed by atoms with E-state index in [1.54, 1.807) is 6.20 Å². The van der Waals surface area contributed by atoms with E-state index in [1.807, 2.05) is 49.6 Å². The summed E-state index contributed by atoms with van der Waals surface area (Å²) in [6.45, 7) is 5.49. The van der Waals surface area contributed by atoms with Crippen molar-refractivity contribution in [3.63, 3.8) is 0 Å². The van der Waals surface area contributed by atoms with Crippen molar-refractivity contribution < 1.29 is 9.53 Å². The van der Waals surface area contributed by atoms with Crippen LogP contribution in [0.5, 0.6) is 0 Å². The van der Waals surface area contributed by atoms with E-state index in [0.29, 0.717) is 0 Å². The van der Waals surface area contributed by atoms with Crippen LogP contribution < -0.4 is 11.1 Å². The van der Waals surface area contributed by atoms with Crippen LogP contribution in [0.25, 0.3) is 5.65 Å². The van der Waals surface area contributed by atoms with Crippen LogP contribution in [-0.2, 0) is 9.53 Å². The molecule has 6 nitrogen and oxygen atoms in total. The number of carbonyl (C=O) groups is 1. The fourth-order valence-corrected chi connectivity index (χ4v) is 1.87. The molecule has 2 aromatic rings. The number of hydrogen-bond donors (Lipinski definition) is 2. The number of nitrogens with zero attached hydrogens (tertiary/aromatic N) is 2. The zero-order chi connectivity index (χ0) is 14.8. The van der Waals surface area contributed by atoms with E-state index in [9.17, 15) is 4.79 Å². The van der Waals surface area contributed by atoms with Gasteiger partial charge in [-0.3, -0.25) is 9.20 Å². The van der Waals surface area contributed by atoms with Gasteiger partial charge < -0.3 is 15.8 Å². The van der Waals surface area contributed by atoms with E-state index in [1.165, 1.54) is 0 Å². The van der Waals surface area contributed by atoms with Crippen LogP contribution in [0.15, 0.2) is 30.6 Å². The Labute approximate surface area is 117 Å². The van der Waals surface area contributed by atoms with E-state index in [4.69, 9.17) is 10.5 Å². The second kappa shape index (κ2) is 5.50. The third-order valence-electron chi connectivity index (χ3n) is 2.57. The normalized spacial score (nSPS) is 13.2. The lowest BCUT2D eigenvalue weighted by atomic mass is 10.2. The van der Waals surface area contributed by atoms with Gasteiger partial charge in [0.15, 0.2) is 0 Å². The Bertz CT molecular complexity index is 600. The van der Waals surface area contributed by atoms with Crippen molar-refractivity contribution in [3.05, 3.63) is 30.6 Å². The van der Waals surface area contributed by atoms with Gasteiger partial charge in [0, 0.05) is 12.4 Å². The first-order valence-corrected chi connectivity index (χ1v) is 6.51. The third-order valence-corrected chi connectivity index (χ3v) is 2.57. The molecule has 0 saturated heterocycles. The molecule has 6 heteroatoms. The highest BCUT2D eigenvalue weighted by Crippen LogP contribution is 2.13. The van der Waals surface area contributed by atoms with Crippen LogP contribution in [-0.4, -0.2) is 27.1 Å². The van der Waals surface area contributed by atoms with Crippen LogP contribution in [0.3, 0.4) is 0 Å². The molecular formula is C14H20N4O2. The summed E-state index contributed by atoms with van der Waals surface area (Å²) in [6, 6.07) is 5.65. The van der Waals surface area contributed by atoms with Crippen molar-refractivity contribution in [2.75, 3.05) is 5.32 Å². The second-order valence-electron chi connectivity index (χ2n) is 5.61. The molecule has 2 heterocycles. The molecule has 3 N–H and O–H groups in total. The molecule has 108 valence electrons. The summed E-state index contributed by atoms with van der Waals surface area (Å²) in [4.78, 5) is 15.9. The minimum absolute atomic E-state index is 0.0996. The fraction of sp³-hybridized carbons (Fsp3) is 0.429. The Balaban J connectivity index is 1.99. The van der Waals surface area contributed by atoms with E-state index in [2.05, 4.69) is 10.3 Å². The standard InChI is InChI=1S/C14H20N4O2/c1-14(2,3)20-13(19)9-10(15)17-12-6-4-5-11-16-7-8-18(11)12/h4-8,10,17H,9,15H2,1-3H3. The number of rotatable bonds is 4. The zero-order valence-electron chi connectivity index (χ0n) is 12.0. The number of aromatic nitrogens is 2. The molecule has 0 radical (unpaired) electrons. The Kier molecular flexibility index (Phi) is 3.94. The Hall–Kier alpha value is -2.08. The number of esters is 1. The monoisotopic (exact) mass is 276 g/mol. The van der Waals surface area contributed by atoms with Crippen LogP contribution in [0.1, 0.15) is 27.2 Å². The van der Waals surface area contributed by atoms with Crippen molar-refractivity contribution in [3.8, 4) is 0 Å². The van der Waals surface area contributed by atoms with Crippen LogP contribution in [0, 0.1) is 0 Å². The molecule has 20 heavy (non-hydrogen) atoms. The molecular weight excluding hydrogens is 256 g/mol. The molecule has 0 aromatic carbocycles. The maximum atomic E-state index is 11.7. The van der Waals surface area contributed by atoms with Crippen molar-refractivity contribution in [1.29, 1.82) is 0 Å². The summed E-state index contributed by atoms with van der Waals surface area (Å²) < 4.78 is 7.11. The molecule has 0 aliphatic rings. The minimum atomic E-state index is -0.516. The maximum absolute atomic E-state index is 11.7. The van der Waals surface area contributed by atoms with Crippen molar-refractivity contribution >= 4 is 17.4 Å². The molecule has 1 unspecified atom stereocenters. The predicted octanol–water partition coefficient (Wildman–Crippen LogP) is 1.76. The van der Waals surface area contributed by atoms with E-state index in [-0.39, 0.29) is 12.4 Å². The molecule has 0 saturated carbocycles. The summed E-state index contributed by atoms with van der Waals surface area (Å²) in [5.41, 5.74) is 6.26. The molecule has 0 bridgehead atoms. The summed E-state index contributed by atoms with van der Waals surface area (Å²) >= 11 is 0. The first kappa shape index (κ1) is 14.3. The van der Waals surface area contributed by atoms with Crippen molar-refractivity contribution in [1.82, 2.24) is 9.38 Å². The van der Waals surface area contributed by atoms with Crippen molar-refractivity contribution in [2.24, 2.45) is 5.73 Å². The average molecular weight is 276 g/mol. The van der Waals surface area contributed by atoms with Gasteiger partial charge in [0.05, 0.1) is 12.6 Å². The third kappa shape index (κ3) is 3.71. The lowest BCUT2D eigenvalue weighted by molar-refractivity contribution is -0.155. The highest BCUT2D eigenvalue weighted by molar-refractivity contribution is 5.71. The number of nitrogens with one attached hydrogen (secondary N) is 1. The Morgan fingerprint density at radius 2 is 2.25 bits per heavy atom. The number of fused-ring (bicyclic) bond motifs is 1. The molecule has 2 rings (SSSR count). The van der Waals surface area contributed by atoms with Crippen LogP contribution in [0.4, 0.5) is 5.82 Å². The van der Waals surface area contributed by atoms with Gasteiger partial charge >= 0.3 is 5.97 Å². The SMILES string of the molecule is CC(C)(C)OC(=O)CC(N)Nc1cccc2nccn12. The van der Waals surface area contributed by atoms with E-state index >= 15 is 0 Å².